The highest BCUT2D eigenvalue weighted by atomic mass is 16.5. The largest absolute Gasteiger partial charge is 0.497 e. The average molecular weight is 297 g/mol. The molecule has 0 radical (unpaired) electrons. The standard InChI is InChI=1S/C18H19NO3/c1-13(19-20)18(15-6-10-17(22-3)11-7-15)12-14-4-8-16(21-2)9-5-14/h4-12,20H,1-3H3/b18-12+,19-13+. The molecule has 22 heavy (non-hydrogen) atoms. The van der Waals surface area contributed by atoms with Crippen LogP contribution in [0.1, 0.15) is 18.1 Å². The summed E-state index contributed by atoms with van der Waals surface area (Å²) in [5, 5.41) is 12.5. The van der Waals surface area contributed by atoms with Crippen molar-refractivity contribution in [3.05, 3.63) is 59.7 Å². The van der Waals surface area contributed by atoms with E-state index in [0.717, 1.165) is 28.2 Å². The lowest BCUT2D eigenvalue weighted by Gasteiger charge is -2.08. The molecule has 0 bridgehead atoms. The number of rotatable bonds is 5. The lowest BCUT2D eigenvalue weighted by atomic mass is 9.99. The van der Waals surface area contributed by atoms with Crippen molar-refractivity contribution in [2.45, 2.75) is 6.92 Å². The summed E-state index contributed by atoms with van der Waals surface area (Å²) < 4.78 is 10.3. The maximum absolute atomic E-state index is 9.13. The number of allylic oxidation sites excluding steroid dienone is 1. The second-order valence-electron chi connectivity index (χ2n) is 4.75. The van der Waals surface area contributed by atoms with Crippen molar-refractivity contribution in [3.8, 4) is 11.5 Å². The van der Waals surface area contributed by atoms with Gasteiger partial charge in [0.2, 0.25) is 0 Å². The van der Waals surface area contributed by atoms with Crippen molar-refractivity contribution < 1.29 is 14.7 Å². The molecule has 0 fully saturated rings. The van der Waals surface area contributed by atoms with Crippen LogP contribution in [-0.4, -0.2) is 25.1 Å². The van der Waals surface area contributed by atoms with Gasteiger partial charge >= 0.3 is 0 Å². The molecule has 114 valence electrons. The third kappa shape index (κ3) is 3.67. The first-order chi connectivity index (χ1) is 10.7. The molecule has 2 aromatic rings. The Hall–Kier alpha value is -2.75. The summed E-state index contributed by atoms with van der Waals surface area (Å²) in [6.45, 7) is 1.76. The molecule has 0 aliphatic rings. The van der Waals surface area contributed by atoms with Gasteiger partial charge in [0.25, 0.3) is 0 Å². The van der Waals surface area contributed by atoms with Gasteiger partial charge in [-0.3, -0.25) is 0 Å². The molecule has 4 nitrogen and oxygen atoms in total. The molecule has 0 spiro atoms. The number of ether oxygens (including phenoxy) is 2. The minimum Gasteiger partial charge on any atom is -0.497 e. The molecule has 0 aromatic heterocycles. The van der Waals surface area contributed by atoms with Gasteiger partial charge in [0.1, 0.15) is 11.5 Å². The predicted octanol–water partition coefficient (Wildman–Crippen LogP) is 4.09. The highest BCUT2D eigenvalue weighted by Gasteiger charge is 2.07. The number of nitrogens with zero attached hydrogens (tertiary/aromatic N) is 1. The maximum Gasteiger partial charge on any atom is 0.118 e. The molecule has 1 N–H and O–H groups in total. The Morgan fingerprint density at radius 1 is 0.909 bits per heavy atom. The van der Waals surface area contributed by atoms with E-state index in [1.165, 1.54) is 0 Å². The average Bonchev–Trinajstić information content (AvgIpc) is 2.59. The van der Waals surface area contributed by atoms with E-state index >= 15 is 0 Å². The van der Waals surface area contributed by atoms with Crippen LogP contribution in [0, 0.1) is 0 Å². The first-order valence-electron chi connectivity index (χ1n) is 6.87. The van der Waals surface area contributed by atoms with Gasteiger partial charge in [-0.15, -0.1) is 0 Å². The van der Waals surface area contributed by atoms with Crippen LogP contribution < -0.4 is 9.47 Å². The van der Waals surface area contributed by atoms with E-state index in [9.17, 15) is 0 Å². The summed E-state index contributed by atoms with van der Waals surface area (Å²) in [4.78, 5) is 0. The quantitative estimate of drug-likeness (QED) is 0.391. The van der Waals surface area contributed by atoms with E-state index in [1.54, 1.807) is 21.1 Å². The third-order valence-corrected chi connectivity index (χ3v) is 3.37. The summed E-state index contributed by atoms with van der Waals surface area (Å²) in [5.41, 5.74) is 3.33. The van der Waals surface area contributed by atoms with E-state index < -0.39 is 0 Å². The van der Waals surface area contributed by atoms with Crippen molar-refractivity contribution in [2.24, 2.45) is 5.16 Å². The molecule has 0 saturated heterocycles. The minimum absolute atomic E-state index is 0.543. The number of hydrogen-bond donors (Lipinski definition) is 1. The van der Waals surface area contributed by atoms with Gasteiger partial charge in [-0.25, -0.2) is 0 Å². The molecule has 0 unspecified atom stereocenters. The molecule has 0 amide bonds. The van der Waals surface area contributed by atoms with Crippen LogP contribution in [0.4, 0.5) is 0 Å². The molecule has 0 atom stereocenters. The zero-order chi connectivity index (χ0) is 15.9. The van der Waals surface area contributed by atoms with E-state index in [2.05, 4.69) is 5.16 Å². The summed E-state index contributed by atoms with van der Waals surface area (Å²) in [7, 11) is 3.26. The predicted molar refractivity (Wildman–Crippen MR) is 88.8 cm³/mol. The van der Waals surface area contributed by atoms with Crippen molar-refractivity contribution >= 4 is 17.4 Å². The SMILES string of the molecule is COc1ccc(/C=C(\C(C)=N\O)c2ccc(OC)cc2)cc1. The van der Waals surface area contributed by atoms with Gasteiger partial charge in [-0.2, -0.15) is 0 Å². The van der Waals surface area contributed by atoms with E-state index in [-0.39, 0.29) is 0 Å². The van der Waals surface area contributed by atoms with Gasteiger partial charge in [-0.1, -0.05) is 29.4 Å². The lowest BCUT2D eigenvalue weighted by molar-refractivity contribution is 0.319. The number of hydrogen-bond acceptors (Lipinski definition) is 4. The summed E-state index contributed by atoms with van der Waals surface area (Å²) in [6, 6.07) is 15.3. The molecule has 2 rings (SSSR count). The Balaban J connectivity index is 2.41. The van der Waals surface area contributed by atoms with Crippen LogP contribution >= 0.6 is 0 Å². The minimum atomic E-state index is 0.543. The monoisotopic (exact) mass is 297 g/mol. The van der Waals surface area contributed by atoms with Crippen molar-refractivity contribution in [3.63, 3.8) is 0 Å². The first-order valence-corrected chi connectivity index (χ1v) is 6.87. The van der Waals surface area contributed by atoms with E-state index in [0.29, 0.717) is 5.71 Å². The van der Waals surface area contributed by atoms with Crippen LogP contribution in [-0.2, 0) is 0 Å². The highest BCUT2D eigenvalue weighted by molar-refractivity contribution is 6.26. The highest BCUT2D eigenvalue weighted by Crippen LogP contribution is 2.23. The Morgan fingerprint density at radius 2 is 1.41 bits per heavy atom. The molecular weight excluding hydrogens is 278 g/mol. The van der Waals surface area contributed by atoms with Crippen LogP contribution in [0.3, 0.4) is 0 Å². The number of benzene rings is 2. The fourth-order valence-electron chi connectivity index (χ4n) is 2.09. The van der Waals surface area contributed by atoms with Crippen molar-refractivity contribution in [2.75, 3.05) is 14.2 Å². The van der Waals surface area contributed by atoms with Gasteiger partial charge < -0.3 is 14.7 Å². The maximum atomic E-state index is 9.13. The Kier molecular flexibility index (Phi) is 5.20. The van der Waals surface area contributed by atoms with Crippen LogP contribution in [0.25, 0.3) is 11.6 Å². The van der Waals surface area contributed by atoms with Crippen LogP contribution in [0.2, 0.25) is 0 Å². The summed E-state index contributed by atoms with van der Waals surface area (Å²) in [6.07, 6.45) is 1.97. The summed E-state index contributed by atoms with van der Waals surface area (Å²) >= 11 is 0. The van der Waals surface area contributed by atoms with Gasteiger partial charge in [0.15, 0.2) is 0 Å². The van der Waals surface area contributed by atoms with Gasteiger partial charge in [0.05, 0.1) is 19.9 Å². The first kappa shape index (κ1) is 15.6. The smallest absolute Gasteiger partial charge is 0.118 e. The van der Waals surface area contributed by atoms with Gasteiger partial charge in [0, 0.05) is 5.57 Å². The number of oxime groups is 1. The molecular formula is C18H19NO3. The zero-order valence-corrected chi connectivity index (χ0v) is 12.9. The van der Waals surface area contributed by atoms with Crippen molar-refractivity contribution in [1.29, 1.82) is 0 Å². The molecule has 2 aromatic carbocycles. The molecule has 0 aliphatic carbocycles. The van der Waals surface area contributed by atoms with Crippen molar-refractivity contribution in [1.82, 2.24) is 0 Å². The fourth-order valence-corrected chi connectivity index (χ4v) is 2.09. The Labute approximate surface area is 130 Å². The Bertz CT molecular complexity index is 670. The molecule has 0 aliphatic heterocycles. The fraction of sp³-hybridized carbons (Fsp3) is 0.167. The third-order valence-electron chi connectivity index (χ3n) is 3.37. The molecule has 0 heterocycles. The normalized spacial score (nSPS) is 12.1. The van der Waals surface area contributed by atoms with Gasteiger partial charge in [-0.05, 0) is 48.4 Å². The second-order valence-corrected chi connectivity index (χ2v) is 4.75. The molecule has 4 heteroatoms. The zero-order valence-electron chi connectivity index (χ0n) is 12.9. The van der Waals surface area contributed by atoms with Crippen LogP contribution in [0.5, 0.6) is 11.5 Å². The topological polar surface area (TPSA) is 51.0 Å². The Morgan fingerprint density at radius 3 is 1.86 bits per heavy atom. The van der Waals surface area contributed by atoms with E-state index in [1.807, 2.05) is 54.6 Å². The van der Waals surface area contributed by atoms with Crippen LogP contribution in [0.15, 0.2) is 53.7 Å². The summed E-state index contributed by atoms with van der Waals surface area (Å²) in [5.74, 6) is 1.59. The molecule has 0 saturated carbocycles. The second kappa shape index (κ2) is 7.31. The van der Waals surface area contributed by atoms with E-state index in [4.69, 9.17) is 14.7 Å². The lowest BCUT2D eigenvalue weighted by Crippen LogP contribution is -1.97. The number of methoxy groups -OCH3 is 2.